The van der Waals surface area contributed by atoms with Crippen LogP contribution in [0.2, 0.25) is 0 Å². The Labute approximate surface area is 153 Å². The Balaban J connectivity index is 1.60. The molecule has 0 bridgehead atoms. The van der Waals surface area contributed by atoms with Crippen molar-refractivity contribution in [2.75, 3.05) is 12.5 Å². The number of benzene rings is 2. The Hall–Kier alpha value is -2.54. The number of carbonyl (C=O) groups excluding carboxylic acids is 1. The van der Waals surface area contributed by atoms with E-state index >= 15 is 0 Å². The average molecular weight is 370 g/mol. The number of carbonyl (C=O) groups is 1. The summed E-state index contributed by atoms with van der Waals surface area (Å²) in [5.41, 5.74) is 2.49. The number of amides is 1. The molecule has 0 radical (unpaired) electrons. The van der Waals surface area contributed by atoms with Gasteiger partial charge in [-0.1, -0.05) is 6.07 Å². The van der Waals surface area contributed by atoms with Crippen molar-refractivity contribution in [2.24, 2.45) is 11.0 Å². The molecule has 3 aliphatic rings. The van der Waals surface area contributed by atoms with Gasteiger partial charge < -0.3 is 9.47 Å². The monoisotopic (exact) mass is 370 g/mol. The molecular weight excluding hydrogens is 355 g/mol. The van der Waals surface area contributed by atoms with Gasteiger partial charge in [-0.25, -0.2) is 9.40 Å². The molecule has 5 nitrogen and oxygen atoms in total. The summed E-state index contributed by atoms with van der Waals surface area (Å²) in [6.07, 6.45) is 0. The maximum atomic E-state index is 13.8. The summed E-state index contributed by atoms with van der Waals surface area (Å²) >= 11 is 1.67. The fourth-order valence-corrected chi connectivity index (χ4v) is 4.92. The van der Waals surface area contributed by atoms with Gasteiger partial charge in [0.2, 0.25) is 12.7 Å². The van der Waals surface area contributed by atoms with Gasteiger partial charge in [-0.2, -0.15) is 5.10 Å². The first-order chi connectivity index (χ1) is 12.6. The third kappa shape index (κ3) is 2.30. The number of hydrazone groups is 1. The molecule has 0 spiro atoms. The fourth-order valence-electron chi connectivity index (χ4n) is 3.74. The Morgan fingerprint density at radius 3 is 2.92 bits per heavy atom. The van der Waals surface area contributed by atoms with Crippen LogP contribution in [0, 0.1) is 11.7 Å². The van der Waals surface area contributed by atoms with Gasteiger partial charge in [0, 0.05) is 29.1 Å². The second kappa shape index (κ2) is 5.74. The highest BCUT2D eigenvalue weighted by Crippen LogP contribution is 2.47. The van der Waals surface area contributed by atoms with Gasteiger partial charge in [0.25, 0.3) is 0 Å². The van der Waals surface area contributed by atoms with Crippen LogP contribution in [0.3, 0.4) is 0 Å². The Morgan fingerprint density at radius 1 is 1.23 bits per heavy atom. The summed E-state index contributed by atoms with van der Waals surface area (Å²) < 4.78 is 24.7. The van der Waals surface area contributed by atoms with Crippen molar-refractivity contribution in [1.29, 1.82) is 0 Å². The second-order valence-corrected chi connectivity index (χ2v) is 7.53. The number of hydrogen-bond donors (Lipinski definition) is 0. The molecule has 1 amide bonds. The minimum atomic E-state index is -0.298. The average Bonchev–Trinajstić information content (AvgIpc) is 3.25. The first kappa shape index (κ1) is 15.7. The van der Waals surface area contributed by atoms with E-state index in [1.54, 1.807) is 17.8 Å². The second-order valence-electron chi connectivity index (χ2n) is 6.46. The number of fused-ring (bicyclic) bond motifs is 4. The molecule has 26 heavy (non-hydrogen) atoms. The van der Waals surface area contributed by atoms with E-state index in [9.17, 15) is 9.18 Å². The summed E-state index contributed by atoms with van der Waals surface area (Å²) in [7, 11) is 0. The van der Waals surface area contributed by atoms with E-state index < -0.39 is 0 Å². The smallest absolute Gasteiger partial charge is 0.240 e. The zero-order valence-electron chi connectivity index (χ0n) is 13.9. The van der Waals surface area contributed by atoms with Crippen molar-refractivity contribution in [3.05, 3.63) is 53.3 Å². The van der Waals surface area contributed by atoms with Crippen LogP contribution in [0.5, 0.6) is 11.5 Å². The first-order valence-corrected chi connectivity index (χ1v) is 9.31. The van der Waals surface area contributed by atoms with Crippen molar-refractivity contribution in [3.8, 4) is 11.5 Å². The maximum absolute atomic E-state index is 13.8. The number of thioether (sulfide) groups is 1. The zero-order valence-corrected chi connectivity index (χ0v) is 14.8. The Kier molecular flexibility index (Phi) is 3.46. The highest BCUT2D eigenvalue weighted by molar-refractivity contribution is 7.99. The molecule has 5 rings (SSSR count). The lowest BCUT2D eigenvalue weighted by atomic mass is 9.87. The van der Waals surface area contributed by atoms with E-state index in [-0.39, 0.29) is 30.5 Å². The molecule has 0 saturated heterocycles. The Bertz CT molecular complexity index is 962. The molecule has 132 valence electrons. The van der Waals surface area contributed by atoms with Gasteiger partial charge in [-0.15, -0.1) is 11.8 Å². The minimum absolute atomic E-state index is 0.00132. The number of ether oxygens (including phenoxy) is 2. The van der Waals surface area contributed by atoms with Gasteiger partial charge in [0.1, 0.15) is 5.82 Å². The molecule has 2 aromatic rings. The van der Waals surface area contributed by atoms with E-state index in [0.717, 1.165) is 27.5 Å². The number of nitrogens with zero attached hydrogens (tertiary/aromatic N) is 2. The predicted octanol–water partition coefficient (Wildman–Crippen LogP) is 3.58. The van der Waals surface area contributed by atoms with E-state index in [0.29, 0.717) is 11.5 Å². The van der Waals surface area contributed by atoms with Crippen LogP contribution < -0.4 is 9.47 Å². The van der Waals surface area contributed by atoms with Crippen molar-refractivity contribution >= 4 is 23.4 Å². The lowest BCUT2D eigenvalue weighted by molar-refractivity contribution is -0.131. The molecule has 7 heteroatoms. The highest BCUT2D eigenvalue weighted by atomic mass is 32.2. The first-order valence-electron chi connectivity index (χ1n) is 8.32. The molecule has 0 aliphatic carbocycles. The van der Waals surface area contributed by atoms with Gasteiger partial charge in [0.15, 0.2) is 11.5 Å². The van der Waals surface area contributed by atoms with Gasteiger partial charge >= 0.3 is 0 Å². The van der Waals surface area contributed by atoms with E-state index in [2.05, 4.69) is 5.10 Å². The van der Waals surface area contributed by atoms with Crippen molar-refractivity contribution in [1.82, 2.24) is 5.01 Å². The van der Waals surface area contributed by atoms with Gasteiger partial charge in [-0.3, -0.25) is 4.79 Å². The lowest BCUT2D eigenvalue weighted by Crippen LogP contribution is -2.31. The largest absolute Gasteiger partial charge is 0.454 e. The van der Waals surface area contributed by atoms with Gasteiger partial charge in [0.05, 0.1) is 11.8 Å². The van der Waals surface area contributed by atoms with Crippen LogP contribution in [0.25, 0.3) is 0 Å². The summed E-state index contributed by atoms with van der Waals surface area (Å²) in [6.45, 7) is 1.70. The quantitative estimate of drug-likeness (QED) is 0.770. The van der Waals surface area contributed by atoms with Crippen molar-refractivity contribution < 1.29 is 18.7 Å². The molecule has 2 atom stereocenters. The van der Waals surface area contributed by atoms with Crippen LogP contribution in [0.1, 0.15) is 24.1 Å². The fraction of sp³-hybridized carbons (Fsp3) is 0.263. The molecule has 0 saturated carbocycles. The molecule has 2 aromatic carbocycles. The van der Waals surface area contributed by atoms with Gasteiger partial charge in [-0.05, 0) is 35.9 Å². The number of rotatable bonds is 1. The Morgan fingerprint density at radius 2 is 2.08 bits per heavy atom. The molecule has 0 aromatic heterocycles. The minimum Gasteiger partial charge on any atom is -0.454 e. The normalized spacial score (nSPS) is 22.7. The third-order valence-corrected chi connectivity index (χ3v) is 6.10. The van der Waals surface area contributed by atoms with Crippen molar-refractivity contribution in [2.45, 2.75) is 17.9 Å². The molecule has 0 fully saturated rings. The standard InChI is InChI=1S/C19H15FN2O3S/c1-10(23)22-19(11-2-4-15-16(6-11)25-9-24-15)14-8-26-17-5-3-12(20)7-13(17)18(14)21-22/h2-7,14,19H,8-9H2,1H3/t14-,19-/m0/s1. The SMILES string of the molecule is CC(=O)N1N=C2c3cc(F)ccc3SC[C@@H]2[C@@H]1c1ccc2c(c1)OCO2. The summed E-state index contributed by atoms with van der Waals surface area (Å²) in [5, 5.41) is 6.10. The third-order valence-electron chi connectivity index (χ3n) is 4.91. The molecule has 0 N–H and O–H groups in total. The predicted molar refractivity (Wildman–Crippen MR) is 95.0 cm³/mol. The number of hydrogen-bond acceptors (Lipinski definition) is 5. The van der Waals surface area contributed by atoms with Crippen LogP contribution in [0.15, 0.2) is 46.4 Å². The van der Waals surface area contributed by atoms with E-state index in [1.807, 2.05) is 18.2 Å². The zero-order chi connectivity index (χ0) is 17.8. The highest BCUT2D eigenvalue weighted by Gasteiger charge is 2.43. The molecular formula is C19H15FN2O3S. The topological polar surface area (TPSA) is 51.1 Å². The van der Waals surface area contributed by atoms with Crippen molar-refractivity contribution in [3.63, 3.8) is 0 Å². The van der Waals surface area contributed by atoms with Crippen LogP contribution in [0.4, 0.5) is 4.39 Å². The maximum Gasteiger partial charge on any atom is 0.240 e. The van der Waals surface area contributed by atoms with E-state index in [4.69, 9.17) is 9.47 Å². The van der Waals surface area contributed by atoms with Crippen LogP contribution >= 0.6 is 11.8 Å². The molecule has 0 unspecified atom stereocenters. The lowest BCUT2D eigenvalue weighted by Gasteiger charge is -2.29. The van der Waals surface area contributed by atoms with Crippen LogP contribution in [-0.4, -0.2) is 29.2 Å². The molecule has 3 aliphatic heterocycles. The summed E-state index contributed by atoms with van der Waals surface area (Å²) in [5.74, 6) is 1.71. The van der Waals surface area contributed by atoms with Crippen LogP contribution in [-0.2, 0) is 4.79 Å². The van der Waals surface area contributed by atoms with E-state index in [1.165, 1.54) is 24.1 Å². The summed E-state index contributed by atoms with van der Waals surface area (Å²) in [6, 6.07) is 10.2. The number of halogens is 1. The molecule has 3 heterocycles. The summed E-state index contributed by atoms with van der Waals surface area (Å²) in [4.78, 5) is 13.3.